The lowest BCUT2D eigenvalue weighted by molar-refractivity contribution is -0.174. The van der Waals surface area contributed by atoms with Crippen LogP contribution in [0.4, 0.5) is 13.2 Å². The first-order chi connectivity index (χ1) is 14.7. The van der Waals surface area contributed by atoms with Gasteiger partial charge in [-0.15, -0.1) is 0 Å². The van der Waals surface area contributed by atoms with Gasteiger partial charge >= 0.3 is 6.18 Å². The number of halogens is 3. The summed E-state index contributed by atoms with van der Waals surface area (Å²) < 4.78 is 40.8. The number of alkyl halides is 3. The third kappa shape index (κ3) is 7.21. The lowest BCUT2D eigenvalue weighted by Gasteiger charge is -2.35. The van der Waals surface area contributed by atoms with E-state index in [1.807, 2.05) is 36.1 Å². The van der Waals surface area contributed by atoms with E-state index in [-0.39, 0.29) is 30.8 Å². The van der Waals surface area contributed by atoms with Crippen molar-refractivity contribution in [2.75, 3.05) is 52.5 Å². The number of hydrogen-bond donors (Lipinski definition) is 0. The van der Waals surface area contributed by atoms with Crippen LogP contribution in [0.1, 0.15) is 24.0 Å². The Hall–Kier alpha value is -2.13. The van der Waals surface area contributed by atoms with Crippen molar-refractivity contribution in [3.05, 3.63) is 35.4 Å². The van der Waals surface area contributed by atoms with Gasteiger partial charge in [-0.1, -0.05) is 29.8 Å². The van der Waals surface area contributed by atoms with Crippen molar-refractivity contribution in [2.45, 2.75) is 32.5 Å². The fourth-order valence-electron chi connectivity index (χ4n) is 4.03. The first kappa shape index (κ1) is 23.5. The van der Waals surface area contributed by atoms with E-state index in [9.17, 15) is 22.8 Å². The van der Waals surface area contributed by atoms with Gasteiger partial charge in [-0.05, 0) is 18.9 Å². The van der Waals surface area contributed by atoms with Crippen molar-refractivity contribution in [3.8, 4) is 0 Å². The minimum absolute atomic E-state index is 0.0106. The van der Waals surface area contributed by atoms with Crippen LogP contribution < -0.4 is 0 Å². The molecule has 0 N–H and O–H groups in total. The second-order valence-corrected chi connectivity index (χ2v) is 8.35. The highest BCUT2D eigenvalue weighted by atomic mass is 19.4. The molecule has 2 saturated heterocycles. The zero-order valence-corrected chi connectivity index (χ0v) is 17.9. The Balaban J connectivity index is 1.37. The maximum Gasteiger partial charge on any atom is 0.411 e. The fraction of sp³-hybridized carbons (Fsp3) is 0.636. The van der Waals surface area contributed by atoms with Crippen molar-refractivity contribution < 1.29 is 27.5 Å². The summed E-state index contributed by atoms with van der Waals surface area (Å²) in [7, 11) is 0. The topological polar surface area (TPSA) is 53.1 Å². The number of nitrogens with zero attached hydrogens (tertiary/aromatic N) is 3. The van der Waals surface area contributed by atoms with Crippen LogP contribution in [0.5, 0.6) is 0 Å². The zero-order valence-electron chi connectivity index (χ0n) is 17.9. The van der Waals surface area contributed by atoms with Crippen LogP contribution in [0, 0.1) is 12.8 Å². The number of rotatable bonds is 8. The molecular formula is C22H30F3N3O3. The molecule has 6 nitrogen and oxygen atoms in total. The third-order valence-corrected chi connectivity index (χ3v) is 5.77. The molecule has 0 aliphatic carbocycles. The summed E-state index contributed by atoms with van der Waals surface area (Å²) >= 11 is 0. The highest BCUT2D eigenvalue weighted by Gasteiger charge is 2.37. The summed E-state index contributed by atoms with van der Waals surface area (Å²) in [6, 6.07) is 8.04. The van der Waals surface area contributed by atoms with Crippen LogP contribution >= 0.6 is 0 Å². The molecule has 1 atom stereocenters. The molecule has 0 spiro atoms. The van der Waals surface area contributed by atoms with Crippen LogP contribution in [0.3, 0.4) is 0 Å². The number of ether oxygens (including phenoxy) is 1. The van der Waals surface area contributed by atoms with Crippen LogP contribution in [0.15, 0.2) is 24.3 Å². The fourth-order valence-corrected chi connectivity index (χ4v) is 4.03. The quantitative estimate of drug-likeness (QED) is 0.582. The SMILES string of the molecule is Cc1ccc(CN2CC(C(=O)N3CCN(CCCOCC(F)(F)F)CC3)CC2=O)cc1. The van der Waals surface area contributed by atoms with Crippen molar-refractivity contribution in [1.29, 1.82) is 0 Å². The van der Waals surface area contributed by atoms with Gasteiger partial charge in [0.05, 0.1) is 5.92 Å². The molecule has 0 bridgehead atoms. The van der Waals surface area contributed by atoms with Gasteiger partial charge in [0.25, 0.3) is 0 Å². The smallest absolute Gasteiger partial charge is 0.372 e. The average Bonchev–Trinajstić information content (AvgIpc) is 3.09. The molecule has 9 heteroatoms. The maximum absolute atomic E-state index is 12.9. The molecule has 2 aliphatic rings. The minimum atomic E-state index is -4.29. The Labute approximate surface area is 180 Å². The van der Waals surface area contributed by atoms with Gasteiger partial charge in [0.15, 0.2) is 0 Å². The van der Waals surface area contributed by atoms with Gasteiger partial charge in [-0.25, -0.2) is 0 Å². The van der Waals surface area contributed by atoms with E-state index in [1.54, 1.807) is 4.90 Å². The van der Waals surface area contributed by atoms with Crippen LogP contribution in [-0.4, -0.2) is 85.2 Å². The molecule has 2 heterocycles. The highest BCUT2D eigenvalue weighted by molar-refractivity contribution is 5.89. The highest BCUT2D eigenvalue weighted by Crippen LogP contribution is 2.23. The maximum atomic E-state index is 12.9. The number of hydrogen-bond acceptors (Lipinski definition) is 4. The van der Waals surface area contributed by atoms with Gasteiger partial charge in [-0.2, -0.15) is 13.2 Å². The summed E-state index contributed by atoms with van der Waals surface area (Å²) in [6.45, 7) is 4.99. The predicted octanol–water partition coefficient (Wildman–Crippen LogP) is 2.46. The van der Waals surface area contributed by atoms with Crippen LogP contribution in [0.25, 0.3) is 0 Å². The van der Waals surface area contributed by atoms with E-state index in [0.29, 0.717) is 52.2 Å². The van der Waals surface area contributed by atoms with Crippen molar-refractivity contribution in [2.24, 2.45) is 5.92 Å². The molecule has 172 valence electrons. The van der Waals surface area contributed by atoms with E-state index >= 15 is 0 Å². The Kier molecular flexibility index (Phi) is 7.94. The number of aryl methyl sites for hydroxylation is 1. The van der Waals surface area contributed by atoms with Gasteiger partial charge in [0.2, 0.25) is 11.8 Å². The molecule has 1 unspecified atom stereocenters. The Bertz CT molecular complexity index is 747. The van der Waals surface area contributed by atoms with E-state index in [1.165, 1.54) is 0 Å². The molecular weight excluding hydrogens is 411 g/mol. The van der Waals surface area contributed by atoms with E-state index < -0.39 is 12.8 Å². The second-order valence-electron chi connectivity index (χ2n) is 8.35. The minimum Gasteiger partial charge on any atom is -0.372 e. The number of piperazine rings is 1. The third-order valence-electron chi connectivity index (χ3n) is 5.77. The monoisotopic (exact) mass is 441 g/mol. The van der Waals surface area contributed by atoms with Gasteiger partial charge in [0, 0.05) is 58.8 Å². The molecule has 31 heavy (non-hydrogen) atoms. The molecule has 0 aromatic heterocycles. The molecule has 2 fully saturated rings. The molecule has 3 rings (SSSR count). The largest absolute Gasteiger partial charge is 0.411 e. The Morgan fingerprint density at radius 3 is 2.45 bits per heavy atom. The van der Waals surface area contributed by atoms with Crippen molar-refractivity contribution in [3.63, 3.8) is 0 Å². The molecule has 0 radical (unpaired) electrons. The second kappa shape index (κ2) is 10.5. The summed E-state index contributed by atoms with van der Waals surface area (Å²) in [5, 5.41) is 0. The van der Waals surface area contributed by atoms with E-state index in [0.717, 1.165) is 11.1 Å². The molecule has 0 saturated carbocycles. The molecule has 1 aromatic rings. The lowest BCUT2D eigenvalue weighted by atomic mass is 10.1. The lowest BCUT2D eigenvalue weighted by Crippen LogP contribution is -2.50. The summed E-state index contributed by atoms with van der Waals surface area (Å²) in [4.78, 5) is 31.0. The average molecular weight is 441 g/mol. The van der Waals surface area contributed by atoms with Gasteiger partial charge < -0.3 is 14.5 Å². The van der Waals surface area contributed by atoms with E-state index in [2.05, 4.69) is 9.64 Å². The van der Waals surface area contributed by atoms with Gasteiger partial charge in [0.1, 0.15) is 6.61 Å². The van der Waals surface area contributed by atoms with Crippen molar-refractivity contribution in [1.82, 2.24) is 14.7 Å². The molecule has 2 aliphatic heterocycles. The number of carbonyl (C=O) groups is 2. The Morgan fingerprint density at radius 2 is 1.81 bits per heavy atom. The van der Waals surface area contributed by atoms with Gasteiger partial charge in [-0.3, -0.25) is 14.5 Å². The predicted molar refractivity (Wildman–Crippen MR) is 109 cm³/mol. The number of likely N-dealkylation sites (tertiary alicyclic amines) is 1. The van der Waals surface area contributed by atoms with E-state index in [4.69, 9.17) is 0 Å². The van der Waals surface area contributed by atoms with Crippen LogP contribution in [-0.2, 0) is 20.9 Å². The summed E-state index contributed by atoms with van der Waals surface area (Å²) in [6.07, 6.45) is -3.51. The summed E-state index contributed by atoms with van der Waals surface area (Å²) in [5.41, 5.74) is 2.22. The number of amides is 2. The molecule has 1 aromatic carbocycles. The normalized spacial score (nSPS) is 20.5. The zero-order chi connectivity index (χ0) is 22.4. The first-order valence-corrected chi connectivity index (χ1v) is 10.7. The summed E-state index contributed by atoms with van der Waals surface area (Å²) in [5.74, 6) is -0.274. The van der Waals surface area contributed by atoms with Crippen LogP contribution in [0.2, 0.25) is 0 Å². The number of benzene rings is 1. The Morgan fingerprint density at radius 1 is 1.13 bits per heavy atom. The van der Waals surface area contributed by atoms with Crippen molar-refractivity contribution >= 4 is 11.8 Å². The first-order valence-electron chi connectivity index (χ1n) is 10.7. The number of carbonyl (C=O) groups excluding carboxylic acids is 2. The molecule has 2 amide bonds. The standard InChI is InChI=1S/C22H30F3N3O3/c1-17-3-5-18(6-4-17)14-28-15-19(13-20(28)29)21(30)27-10-8-26(9-11-27)7-2-12-31-16-22(23,24)25/h3-6,19H,2,7-16H2,1H3.